The average molecular weight is 357 g/mol. The molecule has 1 saturated carbocycles. The van der Waals surface area contributed by atoms with E-state index in [9.17, 15) is 9.59 Å². The first-order valence-electron chi connectivity index (χ1n) is 9.96. The highest BCUT2D eigenvalue weighted by Gasteiger charge is 2.35. The van der Waals surface area contributed by atoms with Crippen molar-refractivity contribution in [3.8, 4) is 0 Å². The third kappa shape index (κ3) is 4.77. The van der Waals surface area contributed by atoms with Gasteiger partial charge in [-0.1, -0.05) is 12.1 Å². The molecule has 0 radical (unpaired) electrons. The number of likely N-dealkylation sites (tertiary alicyclic amines) is 1. The van der Waals surface area contributed by atoms with E-state index in [4.69, 9.17) is 0 Å². The first kappa shape index (κ1) is 18.7. The van der Waals surface area contributed by atoms with E-state index in [1.807, 2.05) is 4.90 Å². The smallest absolute Gasteiger partial charge is 0.225 e. The molecular formula is C21H31N3O2. The van der Waals surface area contributed by atoms with Gasteiger partial charge in [0.15, 0.2) is 0 Å². The molecule has 1 aliphatic carbocycles. The summed E-state index contributed by atoms with van der Waals surface area (Å²) in [6.45, 7) is 8.08. The highest BCUT2D eigenvalue weighted by molar-refractivity contribution is 5.82. The van der Waals surface area contributed by atoms with Gasteiger partial charge in [-0.25, -0.2) is 0 Å². The molecule has 0 spiro atoms. The van der Waals surface area contributed by atoms with Crippen molar-refractivity contribution in [1.29, 1.82) is 0 Å². The third-order valence-electron chi connectivity index (χ3n) is 5.53. The van der Waals surface area contributed by atoms with Crippen molar-refractivity contribution in [2.75, 3.05) is 37.6 Å². The Morgan fingerprint density at radius 3 is 2.50 bits per heavy atom. The van der Waals surface area contributed by atoms with Gasteiger partial charge in [-0.2, -0.15) is 0 Å². The van der Waals surface area contributed by atoms with E-state index in [0.717, 1.165) is 51.9 Å². The number of likely N-dealkylation sites (N-methyl/N-ethyl adjacent to an activating group) is 1. The van der Waals surface area contributed by atoms with Gasteiger partial charge in [0.2, 0.25) is 11.8 Å². The minimum Gasteiger partial charge on any atom is -0.370 e. The number of hydrogen-bond donors (Lipinski definition) is 1. The molecule has 1 aromatic rings. The van der Waals surface area contributed by atoms with E-state index in [-0.39, 0.29) is 17.7 Å². The number of benzene rings is 1. The third-order valence-corrected chi connectivity index (χ3v) is 5.53. The zero-order valence-corrected chi connectivity index (χ0v) is 16.0. The molecule has 0 unspecified atom stereocenters. The van der Waals surface area contributed by atoms with E-state index >= 15 is 0 Å². The van der Waals surface area contributed by atoms with Crippen LogP contribution in [0.5, 0.6) is 0 Å². The molecule has 0 aromatic heterocycles. The number of rotatable bonds is 7. The first-order valence-corrected chi connectivity index (χ1v) is 9.96. The van der Waals surface area contributed by atoms with E-state index in [0.29, 0.717) is 12.5 Å². The zero-order chi connectivity index (χ0) is 18.5. The molecule has 5 nitrogen and oxygen atoms in total. The molecule has 0 bridgehead atoms. The second-order valence-corrected chi connectivity index (χ2v) is 7.58. The van der Waals surface area contributed by atoms with Crippen LogP contribution in [-0.4, -0.2) is 49.4 Å². The van der Waals surface area contributed by atoms with Crippen LogP contribution in [-0.2, 0) is 9.59 Å². The topological polar surface area (TPSA) is 52.7 Å². The number of piperidine rings is 1. The minimum atomic E-state index is 0.0484. The van der Waals surface area contributed by atoms with Crippen LogP contribution in [0.25, 0.3) is 0 Å². The van der Waals surface area contributed by atoms with E-state index in [2.05, 4.69) is 48.3 Å². The molecule has 1 aliphatic heterocycles. The highest BCUT2D eigenvalue weighted by atomic mass is 16.2. The van der Waals surface area contributed by atoms with Crippen LogP contribution in [0.3, 0.4) is 0 Å². The van der Waals surface area contributed by atoms with Gasteiger partial charge in [-0.3, -0.25) is 9.59 Å². The molecule has 5 heteroatoms. The lowest BCUT2D eigenvalue weighted by Crippen LogP contribution is -2.44. The number of amides is 2. The van der Waals surface area contributed by atoms with Crippen LogP contribution >= 0.6 is 0 Å². The normalized spacial score (nSPS) is 17.8. The molecule has 1 heterocycles. The average Bonchev–Trinajstić information content (AvgIpc) is 3.50. The lowest BCUT2D eigenvalue weighted by atomic mass is 9.95. The fourth-order valence-electron chi connectivity index (χ4n) is 3.70. The summed E-state index contributed by atoms with van der Waals surface area (Å²) < 4.78 is 0. The molecule has 1 saturated heterocycles. The van der Waals surface area contributed by atoms with Gasteiger partial charge in [0, 0.05) is 50.2 Å². The molecule has 2 aliphatic rings. The van der Waals surface area contributed by atoms with Crippen molar-refractivity contribution < 1.29 is 9.59 Å². The Morgan fingerprint density at radius 2 is 1.88 bits per heavy atom. The monoisotopic (exact) mass is 357 g/mol. The molecule has 26 heavy (non-hydrogen) atoms. The number of nitrogens with zero attached hydrogens (tertiary/aromatic N) is 2. The van der Waals surface area contributed by atoms with Crippen molar-refractivity contribution in [1.82, 2.24) is 10.2 Å². The summed E-state index contributed by atoms with van der Waals surface area (Å²) in [6, 6.07) is 8.46. The van der Waals surface area contributed by atoms with Crippen LogP contribution in [0.15, 0.2) is 24.3 Å². The Kier molecular flexibility index (Phi) is 6.17. The van der Waals surface area contributed by atoms with Crippen LogP contribution in [0.1, 0.15) is 38.2 Å². The van der Waals surface area contributed by atoms with Gasteiger partial charge < -0.3 is 15.1 Å². The summed E-state index contributed by atoms with van der Waals surface area (Å²) in [7, 11) is 0. The number of carbonyl (C=O) groups excluding carboxylic acids is 2. The standard InChI is InChI=1S/C21H31N3O2/c1-3-23(19-6-4-5-16(2)15-19)14-11-22-20(25)17-9-12-24(13-10-17)21(26)18-7-8-18/h4-6,15,17-18H,3,7-14H2,1-2H3,(H,22,25). The number of aryl methyl sites for hydroxylation is 1. The van der Waals surface area contributed by atoms with E-state index in [1.165, 1.54) is 11.3 Å². The first-order chi connectivity index (χ1) is 12.6. The Balaban J connectivity index is 1.40. The van der Waals surface area contributed by atoms with Crippen LogP contribution in [0.4, 0.5) is 5.69 Å². The van der Waals surface area contributed by atoms with Crippen molar-refractivity contribution in [3.63, 3.8) is 0 Å². The van der Waals surface area contributed by atoms with E-state index < -0.39 is 0 Å². The maximum absolute atomic E-state index is 12.4. The summed E-state index contributed by atoms with van der Waals surface area (Å²) in [5.41, 5.74) is 2.45. The highest BCUT2D eigenvalue weighted by Crippen LogP contribution is 2.32. The van der Waals surface area contributed by atoms with Crippen molar-refractivity contribution in [3.05, 3.63) is 29.8 Å². The summed E-state index contributed by atoms with van der Waals surface area (Å²) in [6.07, 6.45) is 3.68. The Labute approximate surface area is 156 Å². The molecule has 142 valence electrons. The van der Waals surface area contributed by atoms with Gasteiger partial charge in [0.05, 0.1) is 0 Å². The SMILES string of the molecule is CCN(CCNC(=O)C1CCN(C(=O)C2CC2)CC1)c1cccc(C)c1. The van der Waals surface area contributed by atoms with Crippen LogP contribution < -0.4 is 10.2 Å². The predicted molar refractivity (Wildman–Crippen MR) is 104 cm³/mol. The van der Waals surface area contributed by atoms with Crippen molar-refractivity contribution in [2.24, 2.45) is 11.8 Å². The predicted octanol–water partition coefficient (Wildman–Crippen LogP) is 2.59. The maximum Gasteiger partial charge on any atom is 0.225 e. The summed E-state index contributed by atoms with van der Waals surface area (Å²) in [4.78, 5) is 28.8. The minimum absolute atomic E-state index is 0.0484. The van der Waals surface area contributed by atoms with Gasteiger partial charge >= 0.3 is 0 Å². The fraction of sp³-hybridized carbons (Fsp3) is 0.619. The fourth-order valence-corrected chi connectivity index (χ4v) is 3.70. The molecule has 1 aromatic carbocycles. The molecule has 0 atom stereocenters. The maximum atomic E-state index is 12.4. The van der Waals surface area contributed by atoms with Gasteiger partial charge in [0.25, 0.3) is 0 Å². The Bertz CT molecular complexity index is 634. The lowest BCUT2D eigenvalue weighted by Gasteiger charge is -2.31. The quantitative estimate of drug-likeness (QED) is 0.816. The second kappa shape index (κ2) is 8.56. The number of anilines is 1. The van der Waals surface area contributed by atoms with E-state index in [1.54, 1.807) is 0 Å². The largest absolute Gasteiger partial charge is 0.370 e. The second-order valence-electron chi connectivity index (χ2n) is 7.58. The number of carbonyl (C=O) groups is 2. The number of nitrogens with one attached hydrogen (secondary N) is 1. The van der Waals surface area contributed by atoms with Crippen LogP contribution in [0, 0.1) is 18.8 Å². The van der Waals surface area contributed by atoms with Crippen molar-refractivity contribution in [2.45, 2.75) is 39.5 Å². The molecule has 2 fully saturated rings. The summed E-state index contributed by atoms with van der Waals surface area (Å²) >= 11 is 0. The summed E-state index contributed by atoms with van der Waals surface area (Å²) in [5.74, 6) is 0.777. The van der Waals surface area contributed by atoms with Crippen molar-refractivity contribution >= 4 is 17.5 Å². The Morgan fingerprint density at radius 1 is 1.15 bits per heavy atom. The van der Waals surface area contributed by atoms with Gasteiger partial charge in [0.1, 0.15) is 0 Å². The zero-order valence-electron chi connectivity index (χ0n) is 16.0. The molecular weight excluding hydrogens is 326 g/mol. The summed E-state index contributed by atoms with van der Waals surface area (Å²) in [5, 5.41) is 3.10. The lowest BCUT2D eigenvalue weighted by molar-refractivity contribution is -0.136. The van der Waals surface area contributed by atoms with Crippen LogP contribution in [0.2, 0.25) is 0 Å². The Hall–Kier alpha value is -2.04. The molecule has 2 amide bonds. The van der Waals surface area contributed by atoms with Gasteiger partial charge in [-0.15, -0.1) is 0 Å². The number of hydrogen-bond acceptors (Lipinski definition) is 3. The molecule has 1 N–H and O–H groups in total. The van der Waals surface area contributed by atoms with Gasteiger partial charge in [-0.05, 0) is 57.2 Å². The molecule has 3 rings (SSSR count).